The second kappa shape index (κ2) is 7.15. The zero-order chi connectivity index (χ0) is 16.2. The molecule has 1 aromatic heterocycles. The van der Waals surface area contributed by atoms with Crippen LogP contribution in [0.3, 0.4) is 0 Å². The van der Waals surface area contributed by atoms with Crippen molar-refractivity contribution in [1.82, 2.24) is 14.9 Å². The summed E-state index contributed by atoms with van der Waals surface area (Å²) in [5.41, 5.74) is 1.84. The Hall–Kier alpha value is -1.85. The van der Waals surface area contributed by atoms with Crippen molar-refractivity contribution < 1.29 is 9.50 Å². The lowest BCUT2D eigenvalue weighted by Gasteiger charge is -2.34. The van der Waals surface area contributed by atoms with Crippen LogP contribution in [0.25, 0.3) is 0 Å². The summed E-state index contributed by atoms with van der Waals surface area (Å²) in [6, 6.07) is 8.12. The van der Waals surface area contributed by atoms with Crippen LogP contribution in [-0.2, 0) is 6.54 Å². The molecule has 2 aromatic rings. The molecule has 5 heteroatoms. The molecule has 122 valence electrons. The van der Waals surface area contributed by atoms with Crippen molar-refractivity contribution in [2.45, 2.75) is 32.4 Å². The van der Waals surface area contributed by atoms with Crippen molar-refractivity contribution in [3.05, 3.63) is 59.4 Å². The zero-order valence-electron chi connectivity index (χ0n) is 13.3. The van der Waals surface area contributed by atoms with E-state index in [0.29, 0.717) is 0 Å². The molecule has 1 unspecified atom stereocenters. The van der Waals surface area contributed by atoms with Crippen LogP contribution < -0.4 is 0 Å². The third-order valence-electron chi connectivity index (χ3n) is 4.51. The summed E-state index contributed by atoms with van der Waals surface area (Å²) in [6.45, 7) is 4.59. The molecule has 3 rings (SSSR count). The lowest BCUT2D eigenvalue weighted by molar-refractivity contribution is 0.0564. The Labute approximate surface area is 136 Å². The van der Waals surface area contributed by atoms with Crippen LogP contribution in [0.1, 0.15) is 36.0 Å². The molecule has 1 fully saturated rings. The van der Waals surface area contributed by atoms with Gasteiger partial charge in [0.05, 0.1) is 11.8 Å². The summed E-state index contributed by atoms with van der Waals surface area (Å²) in [5, 5.41) is 10.5. The van der Waals surface area contributed by atoms with Crippen molar-refractivity contribution in [3.63, 3.8) is 0 Å². The third kappa shape index (κ3) is 4.12. The maximum Gasteiger partial charge on any atom is 0.125 e. The van der Waals surface area contributed by atoms with Gasteiger partial charge in [-0.3, -0.25) is 4.90 Å². The van der Waals surface area contributed by atoms with Gasteiger partial charge in [0.25, 0.3) is 0 Å². The first-order valence-electron chi connectivity index (χ1n) is 8.06. The number of likely N-dealkylation sites (tertiary alicyclic amines) is 1. The number of aliphatic hydroxyl groups is 1. The van der Waals surface area contributed by atoms with Gasteiger partial charge in [-0.05, 0) is 62.5 Å². The van der Waals surface area contributed by atoms with Gasteiger partial charge < -0.3 is 5.11 Å². The molecule has 2 heterocycles. The maximum absolute atomic E-state index is 13.0. The summed E-state index contributed by atoms with van der Waals surface area (Å²) in [5.74, 6) is 0.754. The van der Waals surface area contributed by atoms with Crippen LogP contribution in [0, 0.1) is 18.7 Å². The molecule has 1 saturated heterocycles. The Balaban J connectivity index is 1.54. The molecule has 1 aliphatic heterocycles. The van der Waals surface area contributed by atoms with E-state index in [2.05, 4.69) is 14.9 Å². The summed E-state index contributed by atoms with van der Waals surface area (Å²) < 4.78 is 13.0. The number of piperidine rings is 1. The molecule has 23 heavy (non-hydrogen) atoms. The van der Waals surface area contributed by atoms with Crippen LogP contribution in [0.2, 0.25) is 0 Å². The van der Waals surface area contributed by atoms with E-state index in [-0.39, 0.29) is 11.7 Å². The number of rotatable bonds is 4. The highest BCUT2D eigenvalue weighted by molar-refractivity contribution is 5.19. The SMILES string of the molecule is Cc1nccc(CN2CCC(C(O)c3ccc(F)cc3)CC2)n1. The lowest BCUT2D eigenvalue weighted by Crippen LogP contribution is -2.35. The molecule has 1 aliphatic rings. The minimum absolute atomic E-state index is 0.226. The van der Waals surface area contributed by atoms with Crippen molar-refractivity contribution in [2.24, 2.45) is 5.92 Å². The Bertz CT molecular complexity index is 639. The van der Waals surface area contributed by atoms with Crippen LogP contribution in [0.15, 0.2) is 36.5 Å². The summed E-state index contributed by atoms with van der Waals surface area (Å²) in [4.78, 5) is 10.9. The maximum atomic E-state index is 13.0. The Kier molecular flexibility index (Phi) is 4.98. The van der Waals surface area contributed by atoms with Gasteiger partial charge in [0.2, 0.25) is 0 Å². The van der Waals surface area contributed by atoms with E-state index in [0.717, 1.165) is 49.6 Å². The van der Waals surface area contributed by atoms with Crippen LogP contribution in [-0.4, -0.2) is 33.1 Å². The predicted molar refractivity (Wildman–Crippen MR) is 86.1 cm³/mol. The Morgan fingerprint density at radius 3 is 2.57 bits per heavy atom. The number of aromatic nitrogens is 2. The van der Waals surface area contributed by atoms with Crippen molar-refractivity contribution in [3.8, 4) is 0 Å². The molecular formula is C18H22FN3O. The first-order chi connectivity index (χ1) is 11.1. The van der Waals surface area contributed by atoms with Gasteiger partial charge >= 0.3 is 0 Å². The average molecular weight is 315 g/mol. The van der Waals surface area contributed by atoms with Crippen molar-refractivity contribution in [1.29, 1.82) is 0 Å². The van der Waals surface area contributed by atoms with Gasteiger partial charge in [-0.15, -0.1) is 0 Å². The summed E-state index contributed by atoms with van der Waals surface area (Å²) in [6.07, 6.45) is 3.15. The quantitative estimate of drug-likeness (QED) is 0.942. The molecule has 0 amide bonds. The number of aliphatic hydroxyl groups excluding tert-OH is 1. The van der Waals surface area contributed by atoms with E-state index < -0.39 is 6.10 Å². The first kappa shape index (κ1) is 16.0. The molecule has 1 aromatic carbocycles. The van der Waals surface area contributed by atoms with E-state index in [1.165, 1.54) is 12.1 Å². The molecule has 4 nitrogen and oxygen atoms in total. The Morgan fingerprint density at radius 1 is 1.22 bits per heavy atom. The third-order valence-corrected chi connectivity index (χ3v) is 4.51. The highest BCUT2D eigenvalue weighted by Gasteiger charge is 2.26. The average Bonchev–Trinajstić information content (AvgIpc) is 2.56. The zero-order valence-corrected chi connectivity index (χ0v) is 13.3. The molecular weight excluding hydrogens is 293 g/mol. The van der Waals surface area contributed by atoms with E-state index in [4.69, 9.17) is 0 Å². The van der Waals surface area contributed by atoms with Gasteiger partial charge in [0.1, 0.15) is 11.6 Å². The minimum atomic E-state index is -0.515. The van der Waals surface area contributed by atoms with E-state index in [1.807, 2.05) is 13.0 Å². The standard InChI is InChI=1S/C18H22FN3O/c1-13-20-9-6-17(21-13)12-22-10-7-15(8-11-22)18(23)14-2-4-16(19)5-3-14/h2-6,9,15,18,23H,7-8,10-12H2,1H3. The van der Waals surface area contributed by atoms with Crippen molar-refractivity contribution in [2.75, 3.05) is 13.1 Å². The number of benzene rings is 1. The molecule has 1 N–H and O–H groups in total. The molecule has 0 bridgehead atoms. The van der Waals surface area contributed by atoms with Gasteiger partial charge in [-0.2, -0.15) is 0 Å². The minimum Gasteiger partial charge on any atom is -0.388 e. The first-order valence-corrected chi connectivity index (χ1v) is 8.06. The smallest absolute Gasteiger partial charge is 0.125 e. The van der Waals surface area contributed by atoms with Crippen LogP contribution in [0.5, 0.6) is 0 Å². The molecule has 0 spiro atoms. The molecule has 1 atom stereocenters. The Morgan fingerprint density at radius 2 is 1.91 bits per heavy atom. The molecule has 0 saturated carbocycles. The highest BCUT2D eigenvalue weighted by Crippen LogP contribution is 2.31. The molecule has 0 aliphatic carbocycles. The largest absolute Gasteiger partial charge is 0.388 e. The topological polar surface area (TPSA) is 49.2 Å². The fourth-order valence-electron chi connectivity index (χ4n) is 3.18. The fourth-order valence-corrected chi connectivity index (χ4v) is 3.18. The van der Waals surface area contributed by atoms with Crippen LogP contribution in [0.4, 0.5) is 4.39 Å². The van der Waals surface area contributed by atoms with E-state index >= 15 is 0 Å². The van der Waals surface area contributed by atoms with Gasteiger partial charge in [-0.1, -0.05) is 12.1 Å². The number of nitrogens with zero attached hydrogens (tertiary/aromatic N) is 3. The lowest BCUT2D eigenvalue weighted by atomic mass is 9.87. The van der Waals surface area contributed by atoms with E-state index in [9.17, 15) is 9.50 Å². The van der Waals surface area contributed by atoms with Gasteiger partial charge in [-0.25, -0.2) is 14.4 Å². The monoisotopic (exact) mass is 315 g/mol. The number of halogens is 1. The molecule has 0 radical (unpaired) electrons. The predicted octanol–water partition coefficient (Wildman–Crippen LogP) is 2.87. The highest BCUT2D eigenvalue weighted by atomic mass is 19.1. The fraction of sp³-hybridized carbons (Fsp3) is 0.444. The number of hydrogen-bond acceptors (Lipinski definition) is 4. The van der Waals surface area contributed by atoms with Crippen molar-refractivity contribution >= 4 is 0 Å². The second-order valence-electron chi connectivity index (χ2n) is 6.21. The summed E-state index contributed by atoms with van der Waals surface area (Å²) >= 11 is 0. The normalized spacial score (nSPS) is 18.0. The van der Waals surface area contributed by atoms with Gasteiger partial charge in [0, 0.05) is 12.7 Å². The second-order valence-corrected chi connectivity index (χ2v) is 6.21. The summed E-state index contributed by atoms with van der Waals surface area (Å²) in [7, 11) is 0. The number of aryl methyl sites for hydroxylation is 1. The van der Waals surface area contributed by atoms with Gasteiger partial charge in [0.15, 0.2) is 0 Å². The van der Waals surface area contributed by atoms with Crippen LogP contribution >= 0.6 is 0 Å². The number of hydrogen-bond donors (Lipinski definition) is 1. The van der Waals surface area contributed by atoms with E-state index in [1.54, 1.807) is 18.3 Å².